The summed E-state index contributed by atoms with van der Waals surface area (Å²) in [6, 6.07) is 10.5. The molecule has 4 nitrogen and oxygen atoms in total. The molecule has 24 heavy (non-hydrogen) atoms. The summed E-state index contributed by atoms with van der Waals surface area (Å²) < 4.78 is 0. The van der Waals surface area contributed by atoms with Gasteiger partial charge in [0.05, 0.1) is 12.0 Å². The van der Waals surface area contributed by atoms with Crippen LogP contribution in [-0.2, 0) is 10.2 Å². The Morgan fingerprint density at radius 2 is 2.00 bits per heavy atom. The van der Waals surface area contributed by atoms with Gasteiger partial charge in [0.25, 0.3) is 0 Å². The van der Waals surface area contributed by atoms with Gasteiger partial charge in [-0.3, -0.25) is 4.79 Å². The molecule has 0 radical (unpaired) electrons. The molecule has 0 unspecified atom stereocenters. The van der Waals surface area contributed by atoms with Gasteiger partial charge in [0, 0.05) is 28.7 Å². The minimum absolute atomic E-state index is 0.211. The first kappa shape index (κ1) is 14.1. The lowest BCUT2D eigenvalue weighted by Gasteiger charge is -2.44. The van der Waals surface area contributed by atoms with Crippen molar-refractivity contribution >= 4 is 5.78 Å². The van der Waals surface area contributed by atoms with Crippen molar-refractivity contribution in [2.45, 2.75) is 38.0 Å². The zero-order chi connectivity index (χ0) is 16.3. The minimum Gasteiger partial charge on any atom is -0.342 e. The number of fused-ring (bicyclic) bond motifs is 3. The van der Waals surface area contributed by atoms with E-state index in [1.54, 1.807) is 0 Å². The Morgan fingerprint density at radius 1 is 1.21 bits per heavy atom. The average molecular weight is 319 g/mol. The molecule has 1 aromatic rings. The molecule has 4 aliphatic rings. The van der Waals surface area contributed by atoms with Crippen molar-refractivity contribution in [1.82, 2.24) is 5.32 Å². The van der Waals surface area contributed by atoms with Crippen molar-refractivity contribution < 1.29 is 4.79 Å². The van der Waals surface area contributed by atoms with Gasteiger partial charge in [-0.15, -0.1) is 5.11 Å². The molecule has 0 amide bonds. The topological polar surface area (TPSA) is 53.8 Å². The average Bonchev–Trinajstić information content (AvgIpc) is 3.27. The summed E-state index contributed by atoms with van der Waals surface area (Å²) in [6.45, 7) is 2.78. The van der Waals surface area contributed by atoms with Gasteiger partial charge in [-0.05, 0) is 31.2 Å². The lowest BCUT2D eigenvalue weighted by Crippen LogP contribution is -2.46. The van der Waals surface area contributed by atoms with Crippen molar-refractivity contribution in [3.63, 3.8) is 0 Å². The van der Waals surface area contributed by atoms with Crippen LogP contribution in [0.3, 0.4) is 0 Å². The van der Waals surface area contributed by atoms with Gasteiger partial charge in [0.1, 0.15) is 0 Å². The number of carbonyl (C=O) groups is 1. The molecule has 122 valence electrons. The summed E-state index contributed by atoms with van der Waals surface area (Å²) in [4.78, 5) is 13.4. The second kappa shape index (κ2) is 4.88. The van der Waals surface area contributed by atoms with Gasteiger partial charge < -0.3 is 5.32 Å². The number of nitrogens with zero attached hydrogens (tertiary/aromatic N) is 2. The van der Waals surface area contributed by atoms with E-state index in [0.29, 0.717) is 18.2 Å². The minimum atomic E-state index is -0.362. The van der Waals surface area contributed by atoms with Crippen molar-refractivity contribution in [3.8, 4) is 0 Å². The Morgan fingerprint density at radius 3 is 2.79 bits per heavy atom. The normalized spacial score (nSPS) is 33.6. The van der Waals surface area contributed by atoms with Crippen molar-refractivity contribution in [3.05, 3.63) is 58.6 Å². The molecule has 5 rings (SSSR count). The summed E-state index contributed by atoms with van der Waals surface area (Å²) in [5.41, 5.74) is 4.17. The number of hydrogen-bond donors (Lipinski definition) is 1. The van der Waals surface area contributed by atoms with Crippen LogP contribution in [0, 0.1) is 11.8 Å². The smallest absolute Gasteiger partial charge is 0.164 e. The summed E-state index contributed by atoms with van der Waals surface area (Å²) in [6.07, 6.45) is 4.00. The van der Waals surface area contributed by atoms with Crippen LogP contribution in [0.25, 0.3) is 0 Å². The van der Waals surface area contributed by atoms with Crippen molar-refractivity contribution in [1.29, 1.82) is 0 Å². The number of Topliss-reactive ketones (excluding diaryl/α,β-unsaturated/α-hetero) is 1. The molecule has 2 heterocycles. The number of carbonyl (C=O) groups excluding carboxylic acids is 1. The van der Waals surface area contributed by atoms with E-state index in [1.807, 2.05) is 6.07 Å². The van der Waals surface area contributed by atoms with Crippen LogP contribution in [0.2, 0.25) is 0 Å². The largest absolute Gasteiger partial charge is 0.342 e. The SMILES string of the molecule is CC[C@]1(c2ccccc2)C2=C(N=NC2)NC2=C1C(=O)[C@H]1CC[C@@H]2C1. The monoisotopic (exact) mass is 319 g/mol. The molecule has 0 spiro atoms. The number of allylic oxidation sites excluding steroid dienone is 2. The molecular formula is C20H21N3O. The van der Waals surface area contributed by atoms with Crippen LogP contribution in [0.4, 0.5) is 0 Å². The van der Waals surface area contributed by atoms with Crippen LogP contribution in [0.1, 0.15) is 38.2 Å². The number of dihydropyridines is 1. The van der Waals surface area contributed by atoms with Crippen molar-refractivity contribution in [2.75, 3.05) is 6.54 Å². The first-order valence-electron chi connectivity index (χ1n) is 8.98. The van der Waals surface area contributed by atoms with Crippen LogP contribution in [0.15, 0.2) is 63.2 Å². The molecule has 1 fully saturated rings. The number of azo groups is 1. The third-order valence-corrected chi connectivity index (χ3v) is 6.40. The first-order valence-corrected chi connectivity index (χ1v) is 8.98. The molecule has 4 heteroatoms. The van der Waals surface area contributed by atoms with Gasteiger partial charge in [0.15, 0.2) is 11.6 Å². The van der Waals surface area contributed by atoms with E-state index >= 15 is 0 Å². The highest BCUT2D eigenvalue weighted by Crippen LogP contribution is 2.55. The van der Waals surface area contributed by atoms with E-state index < -0.39 is 0 Å². The molecule has 2 aliphatic carbocycles. The molecule has 2 aliphatic heterocycles. The Labute approximate surface area is 141 Å². The maximum absolute atomic E-state index is 13.4. The summed E-state index contributed by atoms with van der Waals surface area (Å²) >= 11 is 0. The van der Waals surface area contributed by atoms with Gasteiger partial charge in [-0.1, -0.05) is 37.3 Å². The van der Waals surface area contributed by atoms with Crippen LogP contribution < -0.4 is 5.32 Å². The fourth-order valence-corrected chi connectivity index (χ4v) is 5.29. The number of rotatable bonds is 2. The van der Waals surface area contributed by atoms with E-state index in [0.717, 1.165) is 42.8 Å². The lowest BCUT2D eigenvalue weighted by molar-refractivity contribution is -0.120. The highest BCUT2D eigenvalue weighted by atomic mass is 16.1. The highest BCUT2D eigenvalue weighted by Gasteiger charge is 2.54. The molecule has 0 saturated heterocycles. The number of benzene rings is 1. The highest BCUT2D eigenvalue weighted by molar-refractivity contribution is 6.03. The Bertz CT molecular complexity index is 821. The number of nitrogens with one attached hydrogen (secondary N) is 1. The van der Waals surface area contributed by atoms with Gasteiger partial charge >= 0.3 is 0 Å². The van der Waals surface area contributed by atoms with Gasteiger partial charge in [0.2, 0.25) is 0 Å². The fraction of sp³-hybridized carbons (Fsp3) is 0.450. The summed E-state index contributed by atoms with van der Waals surface area (Å²) in [5, 5.41) is 12.2. The standard InChI is InChI=1S/C20H21N3O/c1-2-20(14-6-4-3-5-7-14)15-11-21-23-19(15)22-17-12-8-9-13(10-12)18(24)16(17)20/h3-7,12-13,22H,2,8-11H2,1H3/t12-,13+,20+/m1/s1. The Kier molecular flexibility index (Phi) is 2.88. The quantitative estimate of drug-likeness (QED) is 0.899. The fourth-order valence-electron chi connectivity index (χ4n) is 5.29. The lowest BCUT2D eigenvalue weighted by atomic mass is 9.60. The summed E-state index contributed by atoms with van der Waals surface area (Å²) in [7, 11) is 0. The van der Waals surface area contributed by atoms with Crippen LogP contribution in [0.5, 0.6) is 0 Å². The zero-order valence-electron chi connectivity index (χ0n) is 13.9. The second-order valence-corrected chi connectivity index (χ2v) is 7.34. The molecule has 1 saturated carbocycles. The van der Waals surface area contributed by atoms with E-state index in [-0.39, 0.29) is 11.3 Å². The first-order chi connectivity index (χ1) is 11.8. The molecule has 1 N–H and O–H groups in total. The third kappa shape index (κ3) is 1.61. The molecule has 3 atom stereocenters. The van der Waals surface area contributed by atoms with Crippen LogP contribution in [-0.4, -0.2) is 12.3 Å². The van der Waals surface area contributed by atoms with Gasteiger partial charge in [-0.2, -0.15) is 5.11 Å². The maximum Gasteiger partial charge on any atom is 0.164 e. The van der Waals surface area contributed by atoms with Crippen molar-refractivity contribution in [2.24, 2.45) is 22.1 Å². The second-order valence-electron chi connectivity index (χ2n) is 7.34. The van der Waals surface area contributed by atoms with E-state index in [4.69, 9.17) is 0 Å². The van der Waals surface area contributed by atoms with E-state index in [2.05, 4.69) is 46.7 Å². The Balaban J connectivity index is 1.81. The van der Waals surface area contributed by atoms with E-state index in [1.165, 1.54) is 11.1 Å². The maximum atomic E-state index is 13.4. The predicted octanol–water partition coefficient (Wildman–Crippen LogP) is 3.87. The predicted molar refractivity (Wildman–Crippen MR) is 91.2 cm³/mol. The number of ketones is 1. The number of hydrogen-bond acceptors (Lipinski definition) is 4. The van der Waals surface area contributed by atoms with Crippen LogP contribution >= 0.6 is 0 Å². The zero-order valence-corrected chi connectivity index (χ0v) is 13.9. The molecule has 0 aromatic heterocycles. The third-order valence-electron chi connectivity index (χ3n) is 6.40. The molecular weight excluding hydrogens is 298 g/mol. The Hall–Kier alpha value is -2.23. The molecule has 1 aromatic carbocycles. The molecule has 2 bridgehead atoms. The van der Waals surface area contributed by atoms with Gasteiger partial charge in [-0.25, -0.2) is 0 Å². The summed E-state index contributed by atoms with van der Waals surface area (Å²) in [5.74, 6) is 1.93. The van der Waals surface area contributed by atoms with E-state index in [9.17, 15) is 4.79 Å².